The number of hydrogen-bond donors (Lipinski definition) is 1. The van der Waals surface area contributed by atoms with Crippen LogP contribution in [0.15, 0.2) is 60.8 Å². The van der Waals surface area contributed by atoms with E-state index in [1.165, 1.54) is 24.1 Å². The monoisotopic (exact) mass is 388 g/mol. The Morgan fingerprint density at radius 2 is 2.03 bits per heavy atom. The number of ether oxygens (including phenoxy) is 1. The Balaban J connectivity index is 1.51. The van der Waals surface area contributed by atoms with Gasteiger partial charge in [0.1, 0.15) is 11.6 Å². The van der Waals surface area contributed by atoms with Crippen molar-refractivity contribution in [2.24, 2.45) is 0 Å². The first-order valence-corrected chi connectivity index (χ1v) is 10.2. The molecule has 3 heterocycles. The van der Waals surface area contributed by atoms with Gasteiger partial charge in [-0.15, -0.1) is 0 Å². The summed E-state index contributed by atoms with van der Waals surface area (Å²) in [6, 6.07) is 18.6. The van der Waals surface area contributed by atoms with Crippen molar-refractivity contribution in [3.05, 3.63) is 72.1 Å². The van der Waals surface area contributed by atoms with Crippen LogP contribution in [0.5, 0.6) is 5.75 Å². The SMILES string of the molecule is CNc1ncccc1CN1CCC[C@H](c2cccc(-c3cccc(OC)c3)n2)C1. The molecule has 150 valence electrons. The van der Waals surface area contributed by atoms with Crippen LogP contribution in [0.3, 0.4) is 0 Å². The van der Waals surface area contributed by atoms with Gasteiger partial charge in [0.25, 0.3) is 0 Å². The highest BCUT2D eigenvalue weighted by Crippen LogP contribution is 2.29. The molecule has 0 radical (unpaired) electrons. The summed E-state index contributed by atoms with van der Waals surface area (Å²) >= 11 is 0. The lowest BCUT2D eigenvalue weighted by atomic mass is 9.93. The van der Waals surface area contributed by atoms with Crippen LogP contribution in [0.4, 0.5) is 5.82 Å². The number of methoxy groups -OCH3 is 1. The van der Waals surface area contributed by atoms with Crippen LogP contribution < -0.4 is 10.1 Å². The van der Waals surface area contributed by atoms with Crippen LogP contribution in [-0.2, 0) is 6.54 Å². The smallest absolute Gasteiger partial charge is 0.130 e. The Labute approximate surface area is 172 Å². The first kappa shape index (κ1) is 19.4. The lowest BCUT2D eigenvalue weighted by molar-refractivity contribution is 0.198. The van der Waals surface area contributed by atoms with Gasteiger partial charge < -0.3 is 10.1 Å². The minimum atomic E-state index is 0.448. The second-order valence-corrected chi connectivity index (χ2v) is 7.52. The summed E-state index contributed by atoms with van der Waals surface area (Å²) in [4.78, 5) is 12.0. The first-order chi connectivity index (χ1) is 14.3. The zero-order chi connectivity index (χ0) is 20.1. The first-order valence-electron chi connectivity index (χ1n) is 10.2. The summed E-state index contributed by atoms with van der Waals surface area (Å²) in [5, 5.41) is 3.20. The van der Waals surface area contributed by atoms with Crippen molar-refractivity contribution in [3.8, 4) is 17.0 Å². The molecule has 0 spiro atoms. The molecular weight excluding hydrogens is 360 g/mol. The minimum Gasteiger partial charge on any atom is -0.497 e. The number of anilines is 1. The summed E-state index contributed by atoms with van der Waals surface area (Å²) < 4.78 is 5.37. The highest BCUT2D eigenvalue weighted by Gasteiger charge is 2.23. The van der Waals surface area contributed by atoms with E-state index < -0.39 is 0 Å². The largest absolute Gasteiger partial charge is 0.497 e. The summed E-state index contributed by atoms with van der Waals surface area (Å²) in [5.41, 5.74) is 4.51. The van der Waals surface area contributed by atoms with Gasteiger partial charge in [-0.1, -0.05) is 24.3 Å². The number of likely N-dealkylation sites (tertiary alicyclic amines) is 1. The number of aromatic nitrogens is 2. The molecule has 3 aromatic rings. The third-order valence-corrected chi connectivity index (χ3v) is 5.58. The average Bonchev–Trinajstić information content (AvgIpc) is 2.80. The molecule has 0 unspecified atom stereocenters. The number of piperidine rings is 1. The molecule has 5 nitrogen and oxygen atoms in total. The van der Waals surface area contributed by atoms with E-state index in [2.05, 4.69) is 45.5 Å². The molecule has 1 aromatic carbocycles. The fraction of sp³-hybridized carbons (Fsp3) is 0.333. The molecule has 1 aliphatic heterocycles. The molecule has 29 heavy (non-hydrogen) atoms. The standard InChI is InChI=1S/C24H28N4O/c1-25-24-20(8-5-13-26-24)17-28-14-6-9-19(16-28)23-12-4-11-22(27-23)18-7-3-10-21(15-18)29-2/h3-5,7-8,10-13,15,19H,6,9,14,16-17H2,1-2H3,(H,25,26)/t19-/m0/s1. The van der Waals surface area contributed by atoms with Gasteiger partial charge in [0.15, 0.2) is 0 Å². The molecule has 0 amide bonds. The van der Waals surface area contributed by atoms with E-state index in [4.69, 9.17) is 9.72 Å². The molecule has 4 rings (SSSR count). The maximum atomic E-state index is 5.37. The zero-order valence-electron chi connectivity index (χ0n) is 17.1. The van der Waals surface area contributed by atoms with Crippen molar-refractivity contribution < 1.29 is 4.74 Å². The van der Waals surface area contributed by atoms with Crippen LogP contribution in [0.2, 0.25) is 0 Å². The quantitative estimate of drug-likeness (QED) is 0.670. The Morgan fingerprint density at radius 1 is 1.14 bits per heavy atom. The number of pyridine rings is 2. The summed E-state index contributed by atoms with van der Waals surface area (Å²) in [6.07, 6.45) is 4.20. The molecule has 0 aliphatic carbocycles. The fourth-order valence-electron chi connectivity index (χ4n) is 4.09. The number of nitrogens with one attached hydrogen (secondary N) is 1. The van der Waals surface area contributed by atoms with Crippen molar-refractivity contribution >= 4 is 5.82 Å². The molecule has 1 saturated heterocycles. The van der Waals surface area contributed by atoms with Crippen LogP contribution in [0.25, 0.3) is 11.3 Å². The third kappa shape index (κ3) is 4.57. The van der Waals surface area contributed by atoms with E-state index in [1.54, 1.807) is 7.11 Å². The minimum absolute atomic E-state index is 0.448. The molecule has 5 heteroatoms. The Morgan fingerprint density at radius 3 is 2.90 bits per heavy atom. The molecule has 0 bridgehead atoms. The molecule has 1 fully saturated rings. The zero-order valence-corrected chi connectivity index (χ0v) is 17.1. The Kier molecular flexibility index (Phi) is 6.06. The lowest BCUT2D eigenvalue weighted by Gasteiger charge is -2.33. The number of nitrogens with zero attached hydrogens (tertiary/aromatic N) is 3. The maximum Gasteiger partial charge on any atom is 0.130 e. The molecule has 1 aliphatic rings. The normalized spacial score (nSPS) is 17.1. The predicted octanol–water partition coefficient (Wildman–Crippen LogP) is 4.57. The summed E-state index contributed by atoms with van der Waals surface area (Å²) in [5.74, 6) is 2.27. The second-order valence-electron chi connectivity index (χ2n) is 7.52. The molecule has 0 saturated carbocycles. The summed E-state index contributed by atoms with van der Waals surface area (Å²) in [7, 11) is 3.63. The fourth-order valence-corrected chi connectivity index (χ4v) is 4.09. The van der Waals surface area contributed by atoms with E-state index >= 15 is 0 Å². The van der Waals surface area contributed by atoms with E-state index in [0.29, 0.717) is 5.92 Å². The van der Waals surface area contributed by atoms with Gasteiger partial charge in [-0.05, 0) is 49.7 Å². The molecule has 1 N–H and O–H groups in total. The van der Waals surface area contributed by atoms with Crippen LogP contribution in [-0.4, -0.2) is 42.1 Å². The maximum absolute atomic E-state index is 5.37. The van der Waals surface area contributed by atoms with E-state index in [9.17, 15) is 0 Å². The van der Waals surface area contributed by atoms with Gasteiger partial charge in [-0.3, -0.25) is 9.88 Å². The predicted molar refractivity (Wildman–Crippen MR) is 117 cm³/mol. The van der Waals surface area contributed by atoms with Crippen molar-refractivity contribution in [1.29, 1.82) is 0 Å². The van der Waals surface area contributed by atoms with E-state index in [0.717, 1.165) is 42.5 Å². The highest BCUT2D eigenvalue weighted by atomic mass is 16.5. The van der Waals surface area contributed by atoms with E-state index in [-0.39, 0.29) is 0 Å². The molecule has 1 atom stereocenters. The molecular formula is C24H28N4O. The van der Waals surface area contributed by atoms with Gasteiger partial charge in [-0.25, -0.2) is 4.98 Å². The Hall–Kier alpha value is -2.92. The number of benzene rings is 1. The number of rotatable bonds is 6. The van der Waals surface area contributed by atoms with Gasteiger partial charge in [0.05, 0.1) is 12.8 Å². The van der Waals surface area contributed by atoms with Crippen LogP contribution in [0, 0.1) is 0 Å². The van der Waals surface area contributed by atoms with E-state index in [1.807, 2.05) is 37.5 Å². The van der Waals surface area contributed by atoms with Gasteiger partial charge in [0.2, 0.25) is 0 Å². The van der Waals surface area contributed by atoms with Gasteiger partial charge >= 0.3 is 0 Å². The average molecular weight is 389 g/mol. The second kappa shape index (κ2) is 9.05. The lowest BCUT2D eigenvalue weighted by Crippen LogP contribution is -2.34. The highest BCUT2D eigenvalue weighted by molar-refractivity contribution is 5.61. The molecule has 2 aromatic heterocycles. The number of hydrogen-bond acceptors (Lipinski definition) is 5. The van der Waals surface area contributed by atoms with Crippen molar-refractivity contribution in [1.82, 2.24) is 14.9 Å². The van der Waals surface area contributed by atoms with Gasteiger partial charge in [-0.2, -0.15) is 0 Å². The van der Waals surface area contributed by atoms with Crippen molar-refractivity contribution in [3.63, 3.8) is 0 Å². The van der Waals surface area contributed by atoms with Crippen molar-refractivity contribution in [2.75, 3.05) is 32.6 Å². The van der Waals surface area contributed by atoms with Crippen LogP contribution in [0.1, 0.15) is 30.0 Å². The summed E-state index contributed by atoms with van der Waals surface area (Å²) in [6.45, 7) is 3.05. The Bertz CT molecular complexity index is 959. The van der Waals surface area contributed by atoms with Gasteiger partial charge in [0, 0.05) is 49.1 Å². The van der Waals surface area contributed by atoms with Crippen LogP contribution >= 0.6 is 0 Å². The third-order valence-electron chi connectivity index (χ3n) is 5.58. The van der Waals surface area contributed by atoms with Crippen molar-refractivity contribution in [2.45, 2.75) is 25.3 Å². The topological polar surface area (TPSA) is 50.3 Å².